The number of hydrogen-bond acceptors (Lipinski definition) is 5. The molecule has 1 fully saturated rings. The van der Waals surface area contributed by atoms with E-state index < -0.39 is 53.4 Å². The molecule has 0 radical (unpaired) electrons. The second-order valence-corrected chi connectivity index (χ2v) is 9.62. The van der Waals surface area contributed by atoms with Crippen LogP contribution in [0.25, 0.3) is 0 Å². The minimum atomic E-state index is -5.20. The van der Waals surface area contributed by atoms with E-state index in [4.69, 9.17) is 18.0 Å². The molecule has 2 N–H and O–H groups in total. The van der Waals surface area contributed by atoms with Crippen LogP contribution in [0.4, 0.5) is 13.2 Å². The number of nitrogens with one attached hydrogen (secondary N) is 2. The van der Waals surface area contributed by atoms with Crippen molar-refractivity contribution in [2.24, 2.45) is 11.3 Å². The van der Waals surface area contributed by atoms with Crippen molar-refractivity contribution in [2.45, 2.75) is 64.3 Å². The topological polar surface area (TPSA) is 115 Å². The molecule has 0 spiro atoms. The van der Waals surface area contributed by atoms with Crippen molar-refractivity contribution in [3.8, 4) is 18.4 Å². The molecule has 1 saturated heterocycles. The second kappa shape index (κ2) is 11.6. The number of nitrogens with zero attached hydrogens (tertiary/aromatic N) is 3. The van der Waals surface area contributed by atoms with Crippen LogP contribution in [0.1, 0.15) is 51.6 Å². The molecule has 0 bridgehead atoms. The van der Waals surface area contributed by atoms with Gasteiger partial charge in [0.15, 0.2) is 0 Å². The lowest BCUT2D eigenvalue weighted by molar-refractivity contribution is -0.176. The highest BCUT2D eigenvalue weighted by molar-refractivity contribution is 6.30. The van der Waals surface area contributed by atoms with Gasteiger partial charge in [0.05, 0.1) is 17.0 Å². The van der Waals surface area contributed by atoms with E-state index in [1.54, 1.807) is 20.8 Å². The monoisotopic (exact) mass is 525 g/mol. The van der Waals surface area contributed by atoms with Crippen LogP contribution in [0.3, 0.4) is 0 Å². The van der Waals surface area contributed by atoms with E-state index in [0.717, 1.165) is 4.90 Å². The summed E-state index contributed by atoms with van der Waals surface area (Å²) in [7, 11) is 0. The molecule has 1 aliphatic heterocycles. The van der Waals surface area contributed by atoms with Crippen molar-refractivity contribution < 1.29 is 27.6 Å². The van der Waals surface area contributed by atoms with Crippen LogP contribution in [0.5, 0.6) is 0 Å². The Kier molecular flexibility index (Phi) is 9.33. The smallest absolute Gasteiger partial charge is 0.336 e. The molecule has 0 aromatic carbocycles. The summed E-state index contributed by atoms with van der Waals surface area (Å²) in [5.74, 6) is -2.17. The normalized spacial score (nSPS) is 19.5. The lowest BCUT2D eigenvalue weighted by Crippen LogP contribution is -2.60. The molecule has 0 saturated carbocycles. The number of amides is 3. The Morgan fingerprint density at radius 1 is 1.31 bits per heavy atom. The van der Waals surface area contributed by atoms with Crippen LogP contribution in [0.2, 0.25) is 5.02 Å². The molecule has 1 aromatic heterocycles. The van der Waals surface area contributed by atoms with Gasteiger partial charge in [-0.25, -0.2) is 0 Å². The summed E-state index contributed by atoms with van der Waals surface area (Å²) in [4.78, 5) is 43.6. The molecular formula is C24H27ClF3N5O3. The fourth-order valence-electron chi connectivity index (χ4n) is 4.30. The highest BCUT2D eigenvalue weighted by atomic mass is 35.5. The van der Waals surface area contributed by atoms with Crippen molar-refractivity contribution in [1.29, 1.82) is 5.26 Å². The maximum Gasteiger partial charge on any atom is 0.471 e. The number of carbonyl (C=O) groups excluding carboxylic acids is 3. The van der Waals surface area contributed by atoms with E-state index in [0.29, 0.717) is 18.4 Å². The average molecular weight is 526 g/mol. The molecule has 36 heavy (non-hydrogen) atoms. The molecule has 12 heteroatoms. The number of rotatable bonds is 8. The van der Waals surface area contributed by atoms with Crippen LogP contribution in [-0.4, -0.2) is 52.4 Å². The molecule has 8 nitrogen and oxygen atoms in total. The highest BCUT2D eigenvalue weighted by Crippen LogP contribution is 2.33. The molecular weight excluding hydrogens is 499 g/mol. The Hall–Kier alpha value is -3.31. The van der Waals surface area contributed by atoms with Crippen molar-refractivity contribution in [3.63, 3.8) is 0 Å². The first-order chi connectivity index (χ1) is 16.8. The summed E-state index contributed by atoms with van der Waals surface area (Å²) in [6, 6.07) is -0.638. The third-order valence-corrected chi connectivity index (χ3v) is 6.30. The quantitative estimate of drug-likeness (QED) is 0.506. The minimum absolute atomic E-state index is 0.0116. The molecule has 1 aromatic rings. The Balaban J connectivity index is 2.38. The van der Waals surface area contributed by atoms with E-state index >= 15 is 0 Å². The number of aromatic nitrogens is 1. The van der Waals surface area contributed by atoms with Gasteiger partial charge in [-0.2, -0.15) is 18.4 Å². The fourth-order valence-corrected chi connectivity index (χ4v) is 4.48. The van der Waals surface area contributed by atoms with E-state index in [9.17, 15) is 32.8 Å². The molecule has 2 heterocycles. The van der Waals surface area contributed by atoms with Crippen LogP contribution < -0.4 is 10.6 Å². The minimum Gasteiger partial charge on any atom is -0.336 e. The molecule has 3 amide bonds. The number of terminal acetylenes is 1. The fraction of sp³-hybridized carbons (Fsp3) is 0.542. The predicted octanol–water partition coefficient (Wildman–Crippen LogP) is 3.14. The first kappa shape index (κ1) is 28.9. The van der Waals surface area contributed by atoms with Crippen LogP contribution >= 0.6 is 11.6 Å². The predicted molar refractivity (Wildman–Crippen MR) is 125 cm³/mol. The molecule has 1 unspecified atom stereocenters. The van der Waals surface area contributed by atoms with Gasteiger partial charge in [-0.15, -0.1) is 12.3 Å². The largest absolute Gasteiger partial charge is 0.471 e. The van der Waals surface area contributed by atoms with Gasteiger partial charge in [-0.05, 0) is 24.3 Å². The summed E-state index contributed by atoms with van der Waals surface area (Å²) in [5, 5.41) is 14.2. The number of nitriles is 1. The van der Waals surface area contributed by atoms with Crippen LogP contribution in [0, 0.1) is 35.0 Å². The van der Waals surface area contributed by atoms with Gasteiger partial charge < -0.3 is 15.5 Å². The lowest BCUT2D eigenvalue weighted by atomic mass is 9.79. The van der Waals surface area contributed by atoms with Gasteiger partial charge in [-0.3, -0.25) is 19.4 Å². The van der Waals surface area contributed by atoms with Crippen molar-refractivity contribution in [3.05, 3.63) is 29.0 Å². The molecule has 194 valence electrons. The molecule has 1 aliphatic rings. The standard InChI is InChI=1S/C24H27ClF3N5O3/c1-5-8-23(3,4)19(32-22(36)24(26,27)28)21(35)33-9-7-14(6-2)18(33)20(34)31-17(11-29)15-10-16(25)13-30-12-15/h2,10,12-14,17-19H,5,7-9H2,1,3-4H3,(H,31,34)(H,32,36)/t14-,17?,18-,19+/m0/s1. The number of halogens is 4. The van der Waals surface area contributed by atoms with Gasteiger partial charge in [-0.1, -0.05) is 38.8 Å². The number of likely N-dealkylation sites (tertiary alicyclic amines) is 1. The summed E-state index contributed by atoms with van der Waals surface area (Å²) < 4.78 is 39.1. The summed E-state index contributed by atoms with van der Waals surface area (Å²) in [6.45, 7) is 4.92. The SMILES string of the molecule is C#C[C@H]1CCN(C(=O)[C@@H](NC(=O)C(F)(F)F)C(C)(C)CCC)[C@@H]1C(=O)NC(C#N)c1cncc(Cl)c1. The zero-order valence-electron chi connectivity index (χ0n) is 20.0. The van der Waals surface area contributed by atoms with E-state index in [-0.39, 0.29) is 18.0 Å². The number of hydrogen-bond donors (Lipinski definition) is 2. The number of pyridine rings is 1. The highest BCUT2D eigenvalue weighted by Gasteiger charge is 2.49. The number of carbonyl (C=O) groups is 3. The zero-order valence-corrected chi connectivity index (χ0v) is 20.8. The van der Waals surface area contributed by atoms with Crippen molar-refractivity contribution >= 4 is 29.3 Å². The van der Waals surface area contributed by atoms with Gasteiger partial charge >= 0.3 is 12.1 Å². The van der Waals surface area contributed by atoms with Crippen LogP contribution in [-0.2, 0) is 14.4 Å². The first-order valence-electron chi connectivity index (χ1n) is 11.2. The third kappa shape index (κ3) is 6.67. The van der Waals surface area contributed by atoms with Gasteiger partial charge in [0.25, 0.3) is 0 Å². The van der Waals surface area contributed by atoms with Gasteiger partial charge in [0.2, 0.25) is 11.8 Å². The van der Waals surface area contributed by atoms with Gasteiger partial charge in [0.1, 0.15) is 18.1 Å². The summed E-state index contributed by atoms with van der Waals surface area (Å²) in [5.41, 5.74) is -0.769. The zero-order chi connectivity index (χ0) is 27.3. The van der Waals surface area contributed by atoms with Crippen molar-refractivity contribution in [2.75, 3.05) is 6.54 Å². The van der Waals surface area contributed by atoms with Crippen molar-refractivity contribution in [1.82, 2.24) is 20.5 Å². The maximum absolute atomic E-state index is 13.6. The molecule has 4 atom stereocenters. The van der Waals surface area contributed by atoms with E-state index in [1.165, 1.54) is 18.5 Å². The average Bonchev–Trinajstić information content (AvgIpc) is 3.23. The Bertz CT molecular complexity index is 1080. The molecule has 2 rings (SSSR count). The summed E-state index contributed by atoms with van der Waals surface area (Å²) >= 11 is 5.92. The second-order valence-electron chi connectivity index (χ2n) is 9.19. The maximum atomic E-state index is 13.6. The summed E-state index contributed by atoms with van der Waals surface area (Å²) in [6.07, 6.45) is 4.14. The van der Waals surface area contributed by atoms with E-state index in [2.05, 4.69) is 16.2 Å². The van der Waals surface area contributed by atoms with Crippen LogP contribution in [0.15, 0.2) is 18.5 Å². The number of alkyl halides is 3. The van der Waals surface area contributed by atoms with Gasteiger partial charge in [0, 0.05) is 24.5 Å². The van der Waals surface area contributed by atoms with E-state index in [1.807, 2.05) is 11.4 Å². The Labute approximate surface area is 212 Å². The third-order valence-electron chi connectivity index (χ3n) is 6.09. The molecule has 0 aliphatic carbocycles. The first-order valence-corrected chi connectivity index (χ1v) is 11.6. The Morgan fingerprint density at radius 3 is 2.50 bits per heavy atom. The lowest BCUT2D eigenvalue weighted by Gasteiger charge is -2.38. The Morgan fingerprint density at radius 2 is 1.97 bits per heavy atom.